The van der Waals surface area contributed by atoms with Gasteiger partial charge in [0.25, 0.3) is 0 Å². The minimum absolute atomic E-state index is 0. The predicted molar refractivity (Wildman–Crippen MR) is 73.7 cm³/mol. The van der Waals surface area contributed by atoms with Gasteiger partial charge in [0.05, 0.1) is 0 Å². The molecule has 3 heterocycles. The van der Waals surface area contributed by atoms with Gasteiger partial charge in [-0.05, 0) is 36.7 Å². The van der Waals surface area contributed by atoms with E-state index in [9.17, 15) is 0 Å². The molecular formula is C12H23ClN2S. The number of hydrogen-bond acceptors (Lipinski definition) is 3. The summed E-state index contributed by atoms with van der Waals surface area (Å²) in [4.78, 5) is 2.74. The molecule has 16 heavy (non-hydrogen) atoms. The van der Waals surface area contributed by atoms with Gasteiger partial charge in [0.15, 0.2) is 0 Å². The second-order valence-corrected chi connectivity index (χ2v) is 6.59. The summed E-state index contributed by atoms with van der Waals surface area (Å²) < 4.78 is 0. The third kappa shape index (κ3) is 3.06. The number of nitrogens with one attached hydrogen (secondary N) is 1. The van der Waals surface area contributed by atoms with Gasteiger partial charge < -0.3 is 5.32 Å². The number of thioether (sulfide) groups is 1. The zero-order valence-corrected chi connectivity index (χ0v) is 11.5. The van der Waals surface area contributed by atoms with E-state index in [1.54, 1.807) is 0 Å². The fraction of sp³-hybridized carbons (Fsp3) is 1.00. The molecule has 0 radical (unpaired) electrons. The normalized spacial score (nSPS) is 39.4. The van der Waals surface area contributed by atoms with Gasteiger partial charge in [-0.1, -0.05) is 6.42 Å². The Bertz CT molecular complexity index is 209. The zero-order valence-electron chi connectivity index (χ0n) is 9.86. The molecule has 3 atom stereocenters. The average Bonchev–Trinajstić information content (AvgIpc) is 2.70. The summed E-state index contributed by atoms with van der Waals surface area (Å²) in [6.45, 7) is 4.01. The molecule has 0 aliphatic carbocycles. The molecule has 3 aliphatic heterocycles. The number of rotatable bonds is 2. The van der Waals surface area contributed by atoms with Crippen LogP contribution >= 0.6 is 24.2 Å². The van der Waals surface area contributed by atoms with E-state index in [0.29, 0.717) is 0 Å². The smallest absolute Gasteiger partial charge is 0.0198 e. The molecule has 0 aromatic heterocycles. The van der Waals surface area contributed by atoms with Crippen LogP contribution in [-0.2, 0) is 0 Å². The summed E-state index contributed by atoms with van der Waals surface area (Å²) in [7, 11) is 0. The summed E-state index contributed by atoms with van der Waals surface area (Å²) in [6, 6.07) is 1.62. The number of hydrogen-bond donors (Lipinski definition) is 1. The molecule has 3 rings (SSSR count). The lowest BCUT2D eigenvalue weighted by atomic mass is 9.93. The quantitative estimate of drug-likeness (QED) is 0.820. The van der Waals surface area contributed by atoms with E-state index in [1.807, 2.05) is 0 Å². The van der Waals surface area contributed by atoms with Crippen LogP contribution in [0, 0.1) is 5.92 Å². The van der Waals surface area contributed by atoms with Gasteiger partial charge in [0.2, 0.25) is 0 Å². The minimum atomic E-state index is 0. The number of halogens is 1. The molecule has 0 aromatic carbocycles. The van der Waals surface area contributed by atoms with Gasteiger partial charge in [-0.15, -0.1) is 12.4 Å². The Hall–Kier alpha value is 0.560. The Morgan fingerprint density at radius 3 is 2.50 bits per heavy atom. The maximum Gasteiger partial charge on any atom is 0.0198 e. The van der Waals surface area contributed by atoms with Crippen molar-refractivity contribution in [2.45, 2.75) is 37.8 Å². The van der Waals surface area contributed by atoms with Crippen LogP contribution in [0.15, 0.2) is 0 Å². The summed E-state index contributed by atoms with van der Waals surface area (Å²) >= 11 is 2.15. The van der Waals surface area contributed by atoms with E-state index >= 15 is 0 Å². The number of likely N-dealkylation sites (tertiary alicyclic amines) is 1. The van der Waals surface area contributed by atoms with Crippen LogP contribution in [0.5, 0.6) is 0 Å². The average molecular weight is 263 g/mol. The molecule has 3 aliphatic rings. The highest BCUT2D eigenvalue weighted by atomic mass is 35.5. The summed E-state index contributed by atoms with van der Waals surface area (Å²) in [5.74, 6) is 3.82. The van der Waals surface area contributed by atoms with Crippen LogP contribution < -0.4 is 5.32 Å². The van der Waals surface area contributed by atoms with Gasteiger partial charge in [-0.2, -0.15) is 11.8 Å². The third-order valence-electron chi connectivity index (χ3n) is 4.07. The van der Waals surface area contributed by atoms with Gasteiger partial charge >= 0.3 is 0 Å². The van der Waals surface area contributed by atoms with Crippen molar-refractivity contribution in [2.75, 3.05) is 31.1 Å². The monoisotopic (exact) mass is 262 g/mol. The molecular weight excluding hydrogens is 240 g/mol. The zero-order chi connectivity index (χ0) is 10.1. The van der Waals surface area contributed by atoms with Crippen molar-refractivity contribution in [1.82, 2.24) is 10.2 Å². The first kappa shape index (κ1) is 13.0. The fourth-order valence-corrected chi connectivity index (χ4v) is 4.61. The first-order valence-corrected chi connectivity index (χ1v) is 7.62. The Balaban J connectivity index is 0.000000963. The third-order valence-corrected chi connectivity index (χ3v) is 5.31. The number of piperidine rings is 1. The molecule has 4 heteroatoms. The minimum Gasteiger partial charge on any atom is -0.309 e. The lowest BCUT2D eigenvalue weighted by Crippen LogP contribution is -2.59. The van der Waals surface area contributed by atoms with E-state index in [0.717, 1.165) is 18.0 Å². The highest BCUT2D eigenvalue weighted by Gasteiger charge is 2.31. The van der Waals surface area contributed by atoms with E-state index in [1.165, 1.54) is 56.8 Å². The van der Waals surface area contributed by atoms with E-state index < -0.39 is 0 Å². The lowest BCUT2D eigenvalue weighted by molar-refractivity contribution is 0.113. The van der Waals surface area contributed by atoms with Gasteiger partial charge in [0.1, 0.15) is 0 Å². The molecule has 3 unspecified atom stereocenters. The molecule has 0 aromatic rings. The molecule has 1 N–H and O–H groups in total. The molecule has 2 nitrogen and oxygen atoms in total. The Morgan fingerprint density at radius 1 is 1.12 bits per heavy atom. The standard InChI is InChI=1S/C12H22N2S.ClH/c1-2-11-7-14(8-12(3-1)13-11)6-10-4-5-15-9-10;/h10-13H,1-9H2;1H. The SMILES string of the molecule is C1CC2CN(CC3CCSC3)CC(C1)N2.Cl. The number of piperazine rings is 1. The van der Waals surface area contributed by atoms with Gasteiger partial charge in [0, 0.05) is 31.7 Å². The summed E-state index contributed by atoms with van der Waals surface area (Å²) in [5, 5.41) is 3.76. The van der Waals surface area contributed by atoms with Crippen molar-refractivity contribution in [3.8, 4) is 0 Å². The lowest BCUT2D eigenvalue weighted by Gasteiger charge is -2.43. The van der Waals surface area contributed by atoms with Gasteiger partial charge in [-0.3, -0.25) is 4.90 Å². The molecule has 2 bridgehead atoms. The molecule has 0 spiro atoms. The van der Waals surface area contributed by atoms with Crippen molar-refractivity contribution in [2.24, 2.45) is 5.92 Å². The van der Waals surface area contributed by atoms with Crippen molar-refractivity contribution in [3.05, 3.63) is 0 Å². The van der Waals surface area contributed by atoms with Crippen molar-refractivity contribution in [3.63, 3.8) is 0 Å². The Labute approximate surface area is 109 Å². The van der Waals surface area contributed by atoms with E-state index in [4.69, 9.17) is 0 Å². The maximum atomic E-state index is 3.76. The first-order chi connectivity index (χ1) is 7.40. The van der Waals surface area contributed by atoms with Crippen molar-refractivity contribution >= 4 is 24.2 Å². The first-order valence-electron chi connectivity index (χ1n) is 6.46. The molecule has 0 amide bonds. The Morgan fingerprint density at radius 2 is 1.88 bits per heavy atom. The molecule has 3 saturated heterocycles. The summed E-state index contributed by atoms with van der Waals surface area (Å²) in [5.41, 5.74) is 0. The van der Waals surface area contributed by atoms with Crippen LogP contribution in [0.1, 0.15) is 25.7 Å². The molecule has 0 saturated carbocycles. The number of nitrogens with zero attached hydrogens (tertiary/aromatic N) is 1. The Kier molecular flexibility index (Phi) is 4.83. The predicted octanol–water partition coefficient (Wildman–Crippen LogP) is 1.99. The fourth-order valence-electron chi connectivity index (χ4n) is 3.34. The van der Waals surface area contributed by atoms with Crippen LogP contribution in [0.4, 0.5) is 0 Å². The van der Waals surface area contributed by atoms with E-state index in [-0.39, 0.29) is 12.4 Å². The molecule has 3 fully saturated rings. The largest absolute Gasteiger partial charge is 0.309 e. The van der Waals surface area contributed by atoms with Crippen LogP contribution in [0.25, 0.3) is 0 Å². The van der Waals surface area contributed by atoms with Crippen LogP contribution in [0.2, 0.25) is 0 Å². The van der Waals surface area contributed by atoms with Crippen molar-refractivity contribution < 1.29 is 0 Å². The topological polar surface area (TPSA) is 15.3 Å². The summed E-state index contributed by atoms with van der Waals surface area (Å²) in [6.07, 6.45) is 5.73. The maximum absolute atomic E-state index is 3.76. The van der Waals surface area contributed by atoms with E-state index in [2.05, 4.69) is 22.0 Å². The highest BCUT2D eigenvalue weighted by molar-refractivity contribution is 7.99. The highest BCUT2D eigenvalue weighted by Crippen LogP contribution is 2.26. The second-order valence-electron chi connectivity index (χ2n) is 5.44. The van der Waals surface area contributed by atoms with Crippen LogP contribution in [0.3, 0.4) is 0 Å². The number of fused-ring (bicyclic) bond motifs is 2. The van der Waals surface area contributed by atoms with Gasteiger partial charge in [-0.25, -0.2) is 0 Å². The molecule has 94 valence electrons. The van der Waals surface area contributed by atoms with Crippen LogP contribution in [-0.4, -0.2) is 48.1 Å². The second kappa shape index (κ2) is 5.94. The van der Waals surface area contributed by atoms with Crippen molar-refractivity contribution in [1.29, 1.82) is 0 Å².